The summed E-state index contributed by atoms with van der Waals surface area (Å²) in [4.78, 5) is 14.5. The number of carbonyl (C=O) groups excluding carboxylic acids is 1. The molecule has 240 valence electrons. The summed E-state index contributed by atoms with van der Waals surface area (Å²) in [6, 6.07) is 34.1. The molecule has 0 bridgehead atoms. The monoisotopic (exact) mass is 664 g/mol. The van der Waals surface area contributed by atoms with Gasteiger partial charge in [0, 0.05) is 24.9 Å². The predicted octanol–water partition coefficient (Wildman–Crippen LogP) is 6.98. The molecule has 0 radical (unpaired) electrons. The molecule has 4 atom stereocenters. The summed E-state index contributed by atoms with van der Waals surface area (Å²) < 4.78 is 61.3. The van der Waals surface area contributed by atoms with E-state index < -0.39 is 44.1 Å². The van der Waals surface area contributed by atoms with Gasteiger partial charge in [0.25, 0.3) is 0 Å². The number of fused-ring (bicyclic) bond motifs is 2. The second kappa shape index (κ2) is 12.1. The Morgan fingerprint density at radius 3 is 1.85 bits per heavy atom. The molecule has 5 aromatic carbocycles. The van der Waals surface area contributed by atoms with E-state index >= 15 is 0 Å². The number of hydrogen-bond donors (Lipinski definition) is 0. The SMILES string of the molecule is Cc1ccc(S(=O)(=O)N2C[C@H]3C(=O)CC(c4cccc5ccccc45)N(S(=O)(=O)c4ccc(C)cc4)[C@H]3CC2c2ccccc2)cc1. The van der Waals surface area contributed by atoms with Crippen molar-refractivity contribution >= 4 is 36.6 Å². The standard InChI is InChI=1S/C38H36N2O5S2/c1-26-15-19-30(20-16-26)46(42,43)39-25-34-36(23-35(39)29-10-4-3-5-11-29)40(47(44,45)31-21-17-27(2)18-22-31)37(24-38(34)41)33-14-8-12-28-9-6-7-13-32(28)33/h3-22,34-37H,23-25H2,1-2H3/t34-,35?,36+,37?/m1/s1. The van der Waals surface area contributed by atoms with Crippen LogP contribution in [0, 0.1) is 19.8 Å². The number of rotatable bonds is 6. The van der Waals surface area contributed by atoms with E-state index in [-0.39, 0.29) is 35.0 Å². The number of benzene rings is 5. The topological polar surface area (TPSA) is 91.8 Å². The molecule has 9 heteroatoms. The van der Waals surface area contributed by atoms with Gasteiger partial charge < -0.3 is 0 Å². The van der Waals surface area contributed by atoms with Gasteiger partial charge >= 0.3 is 0 Å². The van der Waals surface area contributed by atoms with Gasteiger partial charge in [-0.2, -0.15) is 8.61 Å². The van der Waals surface area contributed by atoms with Gasteiger partial charge in [-0.1, -0.05) is 108 Å². The van der Waals surface area contributed by atoms with Crippen molar-refractivity contribution in [2.45, 2.75) is 54.6 Å². The fraction of sp³-hybridized carbons (Fsp3) is 0.237. The first-order valence-corrected chi connectivity index (χ1v) is 18.7. The van der Waals surface area contributed by atoms with E-state index in [1.54, 1.807) is 48.5 Å². The van der Waals surface area contributed by atoms with Crippen LogP contribution < -0.4 is 0 Å². The maximum atomic E-state index is 14.8. The molecule has 0 aliphatic carbocycles. The smallest absolute Gasteiger partial charge is 0.243 e. The second-order valence-corrected chi connectivity index (χ2v) is 16.4. The van der Waals surface area contributed by atoms with Gasteiger partial charge in [0.1, 0.15) is 5.78 Å². The summed E-state index contributed by atoms with van der Waals surface area (Å²) in [5, 5.41) is 1.84. The van der Waals surface area contributed by atoms with E-state index in [4.69, 9.17) is 0 Å². The van der Waals surface area contributed by atoms with E-state index in [1.165, 1.54) is 8.61 Å². The summed E-state index contributed by atoms with van der Waals surface area (Å²) >= 11 is 0. The van der Waals surface area contributed by atoms with E-state index in [0.717, 1.165) is 33.0 Å². The Bertz CT molecular complexity index is 2160. The quantitative estimate of drug-likeness (QED) is 0.195. The number of nitrogens with zero attached hydrogens (tertiary/aromatic N) is 2. The van der Waals surface area contributed by atoms with Crippen LogP contribution in [0.3, 0.4) is 0 Å². The van der Waals surface area contributed by atoms with Crippen molar-refractivity contribution in [2.24, 2.45) is 5.92 Å². The molecule has 7 rings (SSSR count). The normalized spacial score (nSPS) is 22.6. The molecule has 0 spiro atoms. The lowest BCUT2D eigenvalue weighted by atomic mass is 9.77. The largest absolute Gasteiger partial charge is 0.299 e. The van der Waals surface area contributed by atoms with Crippen LogP contribution in [0.5, 0.6) is 0 Å². The molecule has 2 aliphatic heterocycles. The second-order valence-electron chi connectivity index (χ2n) is 12.6. The van der Waals surface area contributed by atoms with Crippen molar-refractivity contribution < 1.29 is 21.6 Å². The van der Waals surface area contributed by atoms with Gasteiger partial charge in [0.2, 0.25) is 20.0 Å². The number of ketones is 1. The third-order valence-corrected chi connectivity index (χ3v) is 13.5. The van der Waals surface area contributed by atoms with Gasteiger partial charge in [-0.15, -0.1) is 0 Å². The van der Waals surface area contributed by atoms with Crippen LogP contribution in [0.2, 0.25) is 0 Å². The van der Waals surface area contributed by atoms with Crippen LogP contribution in [0.15, 0.2) is 131 Å². The predicted molar refractivity (Wildman–Crippen MR) is 183 cm³/mol. The molecule has 47 heavy (non-hydrogen) atoms. The number of piperidine rings is 2. The number of aryl methyl sites for hydroxylation is 2. The Morgan fingerprint density at radius 2 is 1.19 bits per heavy atom. The molecule has 0 amide bonds. The van der Waals surface area contributed by atoms with Crippen LogP contribution in [0.4, 0.5) is 0 Å². The molecule has 0 N–H and O–H groups in total. The first-order valence-electron chi connectivity index (χ1n) is 15.8. The lowest BCUT2D eigenvalue weighted by Crippen LogP contribution is -2.60. The zero-order valence-corrected chi connectivity index (χ0v) is 27.9. The third kappa shape index (κ3) is 5.61. The molecule has 2 unspecified atom stereocenters. The van der Waals surface area contributed by atoms with Crippen LogP contribution in [0.1, 0.15) is 47.2 Å². The van der Waals surface area contributed by atoms with E-state index in [2.05, 4.69) is 0 Å². The molecule has 2 aliphatic rings. The molecular formula is C38H36N2O5S2. The third-order valence-electron chi connectivity index (χ3n) is 9.69. The maximum absolute atomic E-state index is 14.8. The molecule has 0 saturated carbocycles. The van der Waals surface area contributed by atoms with Gasteiger partial charge in [0.15, 0.2) is 0 Å². The Balaban J connectivity index is 1.40. The highest BCUT2D eigenvalue weighted by atomic mass is 32.2. The maximum Gasteiger partial charge on any atom is 0.243 e. The molecule has 7 nitrogen and oxygen atoms in total. The minimum absolute atomic E-state index is 0.0608. The van der Waals surface area contributed by atoms with Gasteiger partial charge in [-0.05, 0) is 66.4 Å². The first kappa shape index (κ1) is 31.4. The van der Waals surface area contributed by atoms with Crippen molar-refractivity contribution in [1.82, 2.24) is 8.61 Å². The fourth-order valence-corrected chi connectivity index (χ4v) is 10.8. The number of sulfonamides is 2. The number of hydrogen-bond acceptors (Lipinski definition) is 5. The lowest BCUT2D eigenvalue weighted by molar-refractivity contribution is -0.132. The molecular weight excluding hydrogens is 629 g/mol. The van der Waals surface area contributed by atoms with Crippen LogP contribution in [-0.2, 0) is 24.8 Å². The van der Waals surface area contributed by atoms with Gasteiger partial charge in [0.05, 0.1) is 21.9 Å². The first-order chi connectivity index (χ1) is 22.6. The Hall–Kier alpha value is -4.15. The minimum atomic E-state index is -4.14. The summed E-state index contributed by atoms with van der Waals surface area (Å²) in [6.07, 6.45) is 0.0621. The van der Waals surface area contributed by atoms with E-state index in [9.17, 15) is 21.6 Å². The van der Waals surface area contributed by atoms with Gasteiger partial charge in [-0.3, -0.25) is 4.79 Å². The highest BCUT2D eigenvalue weighted by Gasteiger charge is 2.54. The lowest BCUT2D eigenvalue weighted by Gasteiger charge is -2.51. The molecule has 5 aromatic rings. The van der Waals surface area contributed by atoms with Crippen LogP contribution in [0.25, 0.3) is 10.8 Å². The summed E-state index contributed by atoms with van der Waals surface area (Å²) in [5.41, 5.74) is 3.37. The Kier molecular flexibility index (Phi) is 8.12. The molecule has 2 saturated heterocycles. The Labute approximate surface area is 276 Å². The zero-order valence-electron chi connectivity index (χ0n) is 26.2. The van der Waals surface area contributed by atoms with Crippen molar-refractivity contribution in [2.75, 3.05) is 6.54 Å². The van der Waals surface area contributed by atoms with Gasteiger partial charge in [-0.25, -0.2) is 16.8 Å². The molecule has 2 fully saturated rings. The van der Waals surface area contributed by atoms with E-state index in [1.807, 2.05) is 86.6 Å². The Morgan fingerprint density at radius 1 is 0.617 bits per heavy atom. The zero-order chi connectivity index (χ0) is 32.9. The van der Waals surface area contributed by atoms with Crippen molar-refractivity contribution in [3.05, 3.63) is 144 Å². The van der Waals surface area contributed by atoms with Crippen molar-refractivity contribution in [3.8, 4) is 0 Å². The fourth-order valence-electron chi connectivity index (χ4n) is 7.27. The summed E-state index contributed by atoms with van der Waals surface area (Å²) in [6.45, 7) is 3.67. The number of carbonyl (C=O) groups is 1. The highest BCUT2D eigenvalue weighted by molar-refractivity contribution is 7.89. The summed E-state index contributed by atoms with van der Waals surface area (Å²) in [5.74, 6) is -0.986. The van der Waals surface area contributed by atoms with E-state index in [0.29, 0.717) is 0 Å². The summed E-state index contributed by atoms with van der Waals surface area (Å²) in [7, 11) is -8.18. The van der Waals surface area contributed by atoms with Crippen molar-refractivity contribution in [3.63, 3.8) is 0 Å². The number of Topliss-reactive ketones (excluding diaryl/α,β-unsaturated/α-hetero) is 1. The minimum Gasteiger partial charge on any atom is -0.299 e. The van der Waals surface area contributed by atoms with Crippen molar-refractivity contribution in [1.29, 1.82) is 0 Å². The van der Waals surface area contributed by atoms with Crippen LogP contribution >= 0.6 is 0 Å². The average molecular weight is 665 g/mol. The molecule has 2 heterocycles. The molecule has 0 aromatic heterocycles. The average Bonchev–Trinajstić information content (AvgIpc) is 3.08. The highest BCUT2D eigenvalue weighted by Crippen LogP contribution is 2.49. The van der Waals surface area contributed by atoms with Crippen LogP contribution in [-0.4, -0.2) is 43.8 Å².